The summed E-state index contributed by atoms with van der Waals surface area (Å²) in [5.74, 6) is 1.21. The molecule has 1 aromatic carbocycles. The van der Waals surface area contributed by atoms with Gasteiger partial charge in [0.15, 0.2) is 5.16 Å². The molecule has 0 aliphatic heterocycles. The summed E-state index contributed by atoms with van der Waals surface area (Å²) in [5.41, 5.74) is 1.91. The van der Waals surface area contributed by atoms with Gasteiger partial charge in [0.25, 0.3) is 0 Å². The van der Waals surface area contributed by atoms with E-state index in [0.717, 1.165) is 28.7 Å². The molecule has 0 aliphatic carbocycles. The molecule has 1 aromatic heterocycles. The van der Waals surface area contributed by atoms with Crippen LogP contribution in [-0.2, 0) is 18.3 Å². The summed E-state index contributed by atoms with van der Waals surface area (Å²) in [5, 5.41) is 11.8. The number of hydrogen-bond donors (Lipinski definition) is 1. The third-order valence-corrected chi connectivity index (χ3v) is 4.01. The molecule has 5 nitrogen and oxygen atoms in total. The molecule has 0 bridgehead atoms. The van der Waals surface area contributed by atoms with Crippen LogP contribution in [0.4, 0.5) is 5.69 Å². The SMILES string of the molecule is CCc1nnc(SCC(=O)Nc2ccccc2C)n1C. The Hall–Kier alpha value is -1.82. The van der Waals surface area contributed by atoms with Gasteiger partial charge in [-0.15, -0.1) is 10.2 Å². The lowest BCUT2D eigenvalue weighted by molar-refractivity contribution is -0.113. The summed E-state index contributed by atoms with van der Waals surface area (Å²) < 4.78 is 1.92. The average Bonchev–Trinajstić information content (AvgIpc) is 2.79. The second-order valence-electron chi connectivity index (χ2n) is 4.46. The van der Waals surface area contributed by atoms with Gasteiger partial charge in [-0.2, -0.15) is 0 Å². The number of para-hydroxylation sites is 1. The lowest BCUT2D eigenvalue weighted by Crippen LogP contribution is -2.15. The molecule has 0 atom stereocenters. The fourth-order valence-electron chi connectivity index (χ4n) is 1.81. The minimum Gasteiger partial charge on any atom is -0.325 e. The highest BCUT2D eigenvalue weighted by Gasteiger charge is 2.10. The number of aryl methyl sites for hydroxylation is 2. The maximum absolute atomic E-state index is 11.9. The molecule has 0 radical (unpaired) electrons. The first-order chi connectivity index (χ1) is 9.61. The van der Waals surface area contributed by atoms with Crippen molar-refractivity contribution < 1.29 is 4.79 Å². The van der Waals surface area contributed by atoms with Crippen molar-refractivity contribution in [3.8, 4) is 0 Å². The van der Waals surface area contributed by atoms with Gasteiger partial charge in [-0.1, -0.05) is 36.9 Å². The molecule has 0 fully saturated rings. The van der Waals surface area contributed by atoms with Crippen molar-refractivity contribution in [2.45, 2.75) is 25.4 Å². The van der Waals surface area contributed by atoms with Crippen LogP contribution in [0.25, 0.3) is 0 Å². The van der Waals surface area contributed by atoms with E-state index in [1.54, 1.807) is 0 Å². The largest absolute Gasteiger partial charge is 0.325 e. The fraction of sp³-hybridized carbons (Fsp3) is 0.357. The molecule has 0 saturated heterocycles. The van der Waals surface area contributed by atoms with Crippen molar-refractivity contribution in [2.24, 2.45) is 7.05 Å². The highest BCUT2D eigenvalue weighted by Crippen LogP contribution is 2.17. The number of anilines is 1. The van der Waals surface area contributed by atoms with Gasteiger partial charge in [0, 0.05) is 19.2 Å². The number of thioether (sulfide) groups is 1. The van der Waals surface area contributed by atoms with Gasteiger partial charge in [-0.3, -0.25) is 4.79 Å². The topological polar surface area (TPSA) is 59.8 Å². The lowest BCUT2D eigenvalue weighted by atomic mass is 10.2. The number of benzene rings is 1. The van der Waals surface area contributed by atoms with E-state index >= 15 is 0 Å². The molecule has 0 aliphatic rings. The van der Waals surface area contributed by atoms with Gasteiger partial charge in [-0.05, 0) is 18.6 Å². The molecule has 1 heterocycles. The van der Waals surface area contributed by atoms with Crippen LogP contribution in [0, 0.1) is 6.92 Å². The number of nitrogens with zero attached hydrogens (tertiary/aromatic N) is 3. The third kappa shape index (κ3) is 3.39. The fourth-order valence-corrected chi connectivity index (χ4v) is 2.54. The standard InChI is InChI=1S/C14H18N4OS/c1-4-12-16-17-14(18(12)3)20-9-13(19)15-11-8-6-5-7-10(11)2/h5-8H,4,9H2,1-3H3,(H,15,19). The van der Waals surface area contributed by atoms with Gasteiger partial charge in [0.2, 0.25) is 5.91 Å². The molecule has 20 heavy (non-hydrogen) atoms. The molecule has 0 spiro atoms. The zero-order chi connectivity index (χ0) is 14.5. The second kappa shape index (κ2) is 6.56. The zero-order valence-corrected chi connectivity index (χ0v) is 12.7. The molecule has 2 rings (SSSR count). The maximum atomic E-state index is 11.9. The minimum absolute atomic E-state index is 0.0367. The van der Waals surface area contributed by atoms with Crippen molar-refractivity contribution >= 4 is 23.4 Å². The van der Waals surface area contributed by atoms with E-state index in [9.17, 15) is 4.79 Å². The second-order valence-corrected chi connectivity index (χ2v) is 5.41. The first-order valence-electron chi connectivity index (χ1n) is 6.48. The van der Waals surface area contributed by atoms with Gasteiger partial charge < -0.3 is 9.88 Å². The van der Waals surface area contributed by atoms with E-state index < -0.39 is 0 Å². The highest BCUT2D eigenvalue weighted by molar-refractivity contribution is 7.99. The van der Waals surface area contributed by atoms with E-state index in [4.69, 9.17) is 0 Å². The summed E-state index contributed by atoms with van der Waals surface area (Å²) >= 11 is 1.39. The van der Waals surface area contributed by atoms with Gasteiger partial charge >= 0.3 is 0 Å². The Morgan fingerprint density at radius 2 is 2.10 bits per heavy atom. The molecule has 106 valence electrons. The van der Waals surface area contributed by atoms with Crippen molar-refractivity contribution in [3.63, 3.8) is 0 Å². The van der Waals surface area contributed by atoms with Crippen molar-refractivity contribution in [1.29, 1.82) is 0 Å². The Balaban J connectivity index is 1.92. The summed E-state index contributed by atoms with van der Waals surface area (Å²) in [6.45, 7) is 4.00. The number of carbonyl (C=O) groups excluding carboxylic acids is 1. The van der Waals surface area contributed by atoms with Crippen LogP contribution in [-0.4, -0.2) is 26.4 Å². The van der Waals surface area contributed by atoms with Crippen LogP contribution >= 0.6 is 11.8 Å². The smallest absolute Gasteiger partial charge is 0.234 e. The van der Waals surface area contributed by atoms with Gasteiger partial charge in [0.1, 0.15) is 5.82 Å². The number of amides is 1. The predicted octanol–water partition coefficient (Wildman–Crippen LogP) is 2.42. The van der Waals surface area contributed by atoms with Crippen LogP contribution < -0.4 is 5.32 Å². The first-order valence-corrected chi connectivity index (χ1v) is 7.47. The molecule has 6 heteroatoms. The van der Waals surface area contributed by atoms with E-state index in [2.05, 4.69) is 15.5 Å². The minimum atomic E-state index is -0.0367. The third-order valence-electron chi connectivity index (χ3n) is 2.99. The number of hydrogen-bond acceptors (Lipinski definition) is 4. The highest BCUT2D eigenvalue weighted by atomic mass is 32.2. The zero-order valence-electron chi connectivity index (χ0n) is 11.9. The lowest BCUT2D eigenvalue weighted by Gasteiger charge is -2.07. The summed E-state index contributed by atoms with van der Waals surface area (Å²) in [6, 6.07) is 7.73. The quantitative estimate of drug-likeness (QED) is 0.859. The molecule has 2 aromatic rings. The molecular formula is C14H18N4OS. The monoisotopic (exact) mass is 290 g/mol. The summed E-state index contributed by atoms with van der Waals surface area (Å²) in [6.07, 6.45) is 0.833. The number of nitrogens with one attached hydrogen (secondary N) is 1. The van der Waals surface area contributed by atoms with E-state index in [0.29, 0.717) is 5.75 Å². The van der Waals surface area contributed by atoms with Gasteiger partial charge in [-0.25, -0.2) is 0 Å². The Labute approximate surface area is 122 Å². The first kappa shape index (κ1) is 14.6. The van der Waals surface area contributed by atoms with Crippen LogP contribution in [0.15, 0.2) is 29.4 Å². The van der Waals surface area contributed by atoms with Crippen LogP contribution in [0.2, 0.25) is 0 Å². The summed E-state index contributed by atoms with van der Waals surface area (Å²) in [7, 11) is 1.92. The van der Waals surface area contributed by atoms with E-state index in [1.807, 2.05) is 49.7 Å². The molecule has 0 saturated carbocycles. The van der Waals surface area contributed by atoms with Crippen LogP contribution in [0.5, 0.6) is 0 Å². The Kier molecular flexibility index (Phi) is 4.79. The molecular weight excluding hydrogens is 272 g/mol. The number of carbonyl (C=O) groups is 1. The van der Waals surface area contributed by atoms with Crippen molar-refractivity contribution in [1.82, 2.24) is 14.8 Å². The average molecular weight is 290 g/mol. The maximum Gasteiger partial charge on any atom is 0.234 e. The number of aromatic nitrogens is 3. The molecule has 0 unspecified atom stereocenters. The van der Waals surface area contributed by atoms with Crippen molar-refractivity contribution in [2.75, 3.05) is 11.1 Å². The van der Waals surface area contributed by atoms with E-state index in [1.165, 1.54) is 11.8 Å². The number of rotatable bonds is 5. The van der Waals surface area contributed by atoms with Crippen molar-refractivity contribution in [3.05, 3.63) is 35.7 Å². The molecule has 1 N–H and O–H groups in total. The van der Waals surface area contributed by atoms with Crippen LogP contribution in [0.1, 0.15) is 18.3 Å². The Morgan fingerprint density at radius 1 is 1.35 bits per heavy atom. The Morgan fingerprint density at radius 3 is 2.75 bits per heavy atom. The van der Waals surface area contributed by atoms with Gasteiger partial charge in [0.05, 0.1) is 5.75 Å². The van der Waals surface area contributed by atoms with Crippen LogP contribution in [0.3, 0.4) is 0 Å². The summed E-state index contributed by atoms with van der Waals surface area (Å²) in [4.78, 5) is 11.9. The predicted molar refractivity (Wildman–Crippen MR) is 80.9 cm³/mol. The van der Waals surface area contributed by atoms with E-state index in [-0.39, 0.29) is 5.91 Å². The Bertz CT molecular complexity index is 609. The normalized spacial score (nSPS) is 10.6. The molecule has 1 amide bonds.